The maximum Gasteiger partial charge on any atom is 0.268 e. The molecule has 3 aromatic heterocycles. The molecule has 0 amide bonds. The van der Waals surface area contributed by atoms with E-state index in [4.69, 9.17) is 42.6 Å². The molecular weight excluding hydrogens is 1130 g/mol. The second kappa shape index (κ2) is 18.2. The van der Waals surface area contributed by atoms with Gasteiger partial charge in [-0.2, -0.15) is 18.2 Å². The van der Waals surface area contributed by atoms with Gasteiger partial charge >= 0.3 is 0 Å². The van der Waals surface area contributed by atoms with Crippen LogP contribution in [0.15, 0.2) is 146 Å². The predicted molar refractivity (Wildman–Crippen MR) is 317 cm³/mol. The number of benzene rings is 7. The molecule has 7 aromatic carbocycles. The average molecular weight is 1240 g/mol. The summed E-state index contributed by atoms with van der Waals surface area (Å²) in [6.07, 6.45) is -12.5. The van der Waals surface area contributed by atoms with Crippen LogP contribution in [0.1, 0.15) is 206 Å². The minimum absolute atomic E-state index is 0. The minimum Gasteiger partial charge on any atom is -0.510 e. The molecule has 0 bridgehead atoms. The van der Waals surface area contributed by atoms with E-state index in [9.17, 15) is 19.2 Å². The van der Waals surface area contributed by atoms with E-state index in [-0.39, 0.29) is 60.1 Å². The van der Waals surface area contributed by atoms with Crippen LogP contribution < -0.4 is 9.30 Å². The SMILES string of the molecule is [2H]c1c([2H])c2c(c([2H])c1-c1cccc(-c3c([2H])c([2H])c4c(c3[2H])C(C([2H])([2H])[2H])(C([2H])([2H])[2H])C([2H])([2H])C([2H])([2H])C4(C([2H])([2H])[2H])C([2H])([2H])[2H])c1-[n+]1[c-]n(-c3[c-]c(Oc4[c-]c5c(cc4)c4ccccc4n5-c4cc5c(cn4)C(C)(C)CCC5(C)C)ccc3)c3ccccc31)C(C([2H])([2H])[2H])(C([2H])([2H])[2H])C([2H])([2H])C([2H])([2H])C2(C([2H])([2H])[2H])C([2H])([2H])[2H].[Pt]. The van der Waals surface area contributed by atoms with Crippen molar-refractivity contribution < 1.29 is 82.5 Å². The zero-order valence-corrected chi connectivity index (χ0v) is 44.6. The Hall–Kier alpha value is -6.55. The van der Waals surface area contributed by atoms with Crippen molar-refractivity contribution in [2.75, 3.05) is 0 Å². The van der Waals surface area contributed by atoms with Crippen LogP contribution in [-0.2, 0) is 53.6 Å². The van der Waals surface area contributed by atoms with Gasteiger partial charge in [0.25, 0.3) is 6.33 Å². The molecule has 398 valence electrons. The number of ether oxygens (including phenoxy) is 1. The number of nitrogens with zero attached hydrogens (tertiary/aromatic N) is 4. The first-order valence-corrected chi connectivity index (χ1v) is 24.8. The maximum absolute atomic E-state index is 10.4. The summed E-state index contributed by atoms with van der Waals surface area (Å²) in [4.78, 5) is 5.04. The summed E-state index contributed by atoms with van der Waals surface area (Å²) in [5.74, 6) is 0.732. The van der Waals surface area contributed by atoms with E-state index in [0.717, 1.165) is 63.0 Å². The number of aromatic nitrogens is 4. The molecule has 0 N–H and O–H groups in total. The van der Waals surface area contributed by atoms with Crippen LogP contribution in [-0.4, -0.2) is 14.1 Å². The summed E-state index contributed by atoms with van der Waals surface area (Å²) in [7, 11) is 0. The van der Waals surface area contributed by atoms with E-state index in [1.54, 1.807) is 6.07 Å². The molecule has 3 heterocycles. The molecule has 10 aromatic rings. The summed E-state index contributed by atoms with van der Waals surface area (Å²) in [5.41, 5.74) is -28.6. The number of para-hydroxylation sites is 4. The average Bonchev–Trinajstić information content (AvgIpc) is 0.720. The Morgan fingerprint density at radius 2 is 1.13 bits per heavy atom. The number of hydrogen-bond donors (Lipinski definition) is 0. The fourth-order valence-electron chi connectivity index (χ4n) is 10.9. The monoisotopic (exact) mass is 1240 g/mol. The number of pyridine rings is 1. The van der Waals surface area contributed by atoms with Crippen molar-refractivity contribution in [3.63, 3.8) is 0 Å². The zero-order valence-electron chi connectivity index (χ0n) is 80.3. The standard InChI is InChI=1S/C72H72N4O.Pt/c1-67(2)33-35-69(5,6)57-39-46(27-31-55(57)67)51-22-18-23-52(47-28-32-56-58(40-47)70(7,8)36-34-68(56,3)4)66(51)75-45-74(62-25-15-16-26-63(62)75)48-19-17-20-49(41-48)77-50-29-30-54-53-21-13-14-24-61(53)76(64(54)42-50)65-43-59-60(44-73-65)72(11,12)38-37-71(59,9)10;/h13-32,39-40,43-44H,33-38H2,1-12H3;/q-2;/i1D3,2D3,3D3,4D3,5D3,6D3,7D3,8D3,27D,28D,31D,32D,33D2,34D2,35D2,36D2,39D,40D;. The molecule has 13 rings (SSSR count). The van der Waals surface area contributed by atoms with Gasteiger partial charge in [0.2, 0.25) is 0 Å². The van der Waals surface area contributed by atoms with Crippen molar-refractivity contribution in [2.45, 2.75) is 153 Å². The van der Waals surface area contributed by atoms with Crippen LogP contribution in [0.25, 0.3) is 72.3 Å². The van der Waals surface area contributed by atoms with Crippen LogP contribution in [0.2, 0.25) is 0 Å². The molecular formula is C72H72N4OPt-2. The van der Waals surface area contributed by atoms with E-state index < -0.39 is 188 Å². The second-order valence-corrected chi connectivity index (χ2v) is 21.3. The largest absolute Gasteiger partial charge is 0.510 e. The number of rotatable bonds is 7. The van der Waals surface area contributed by atoms with Gasteiger partial charge in [0.1, 0.15) is 5.82 Å². The Labute approximate surface area is 530 Å². The molecule has 0 unspecified atom stereocenters. The number of fused-ring (bicyclic) bond motifs is 7. The molecule has 0 fully saturated rings. The molecule has 0 saturated heterocycles. The van der Waals surface area contributed by atoms with Crippen molar-refractivity contribution in [3.8, 4) is 50.9 Å². The molecule has 0 spiro atoms. The van der Waals surface area contributed by atoms with Gasteiger partial charge in [-0.15, -0.1) is 29.7 Å². The predicted octanol–water partition coefficient (Wildman–Crippen LogP) is 18.0. The van der Waals surface area contributed by atoms with E-state index in [1.165, 1.54) is 47.0 Å². The quantitative estimate of drug-likeness (QED) is 0.118. The summed E-state index contributed by atoms with van der Waals surface area (Å²) in [6, 6.07) is 22.3. The van der Waals surface area contributed by atoms with Gasteiger partial charge < -0.3 is 13.9 Å². The van der Waals surface area contributed by atoms with Gasteiger partial charge in [-0.3, -0.25) is 4.57 Å². The summed E-state index contributed by atoms with van der Waals surface area (Å²) in [5, 5.41) is 1.64. The zero-order chi connectivity index (χ0) is 86.0. The fraction of sp³-hybridized carbons (Fsp3) is 0.333. The topological polar surface area (TPSA) is 35.9 Å². The van der Waals surface area contributed by atoms with E-state index in [1.807, 2.05) is 41.1 Å². The van der Waals surface area contributed by atoms with Crippen LogP contribution in [0.4, 0.5) is 0 Å². The molecule has 6 heteroatoms. The summed E-state index contributed by atoms with van der Waals surface area (Å²) >= 11 is 0. The van der Waals surface area contributed by atoms with E-state index in [0.29, 0.717) is 11.3 Å². The first-order valence-electron chi connectivity index (χ1n) is 43.8. The third-order valence-electron chi connectivity index (χ3n) is 15.1. The van der Waals surface area contributed by atoms with Gasteiger partial charge in [-0.1, -0.05) is 185 Å². The second-order valence-electron chi connectivity index (χ2n) is 21.3. The molecule has 0 radical (unpaired) electrons. The molecule has 5 nitrogen and oxygen atoms in total. The van der Waals surface area contributed by atoms with Gasteiger partial charge in [-0.25, -0.2) is 4.98 Å². The minimum atomic E-state index is -4.85. The first kappa shape index (κ1) is 24.4. The maximum atomic E-state index is 10.4. The number of imidazole rings is 1. The Bertz CT molecular complexity index is 5480. The Morgan fingerprint density at radius 1 is 0.564 bits per heavy atom. The molecule has 0 aliphatic heterocycles. The summed E-state index contributed by atoms with van der Waals surface area (Å²) < 4.78 is 363. The normalized spacial score (nSPS) is 29.2. The van der Waals surface area contributed by atoms with Crippen molar-refractivity contribution in [2.24, 2.45) is 0 Å². The Kier molecular flexibility index (Phi) is 5.72. The Morgan fingerprint density at radius 3 is 1.77 bits per heavy atom. The first-order chi connectivity index (χ1) is 52.2. The van der Waals surface area contributed by atoms with Gasteiger partial charge in [0, 0.05) is 88.1 Å². The van der Waals surface area contributed by atoms with Crippen molar-refractivity contribution in [3.05, 3.63) is 197 Å². The third-order valence-corrected chi connectivity index (χ3v) is 15.1. The van der Waals surface area contributed by atoms with Gasteiger partial charge in [0.05, 0.1) is 24.9 Å². The van der Waals surface area contributed by atoms with Gasteiger partial charge in [0.15, 0.2) is 0 Å². The van der Waals surface area contributed by atoms with Crippen LogP contribution in [0.3, 0.4) is 0 Å². The summed E-state index contributed by atoms with van der Waals surface area (Å²) in [6.45, 7) is -27.6. The molecule has 0 saturated carbocycles. The van der Waals surface area contributed by atoms with Crippen LogP contribution in [0, 0.1) is 18.5 Å². The molecule has 3 aliphatic rings. The third kappa shape index (κ3) is 8.43. The fourth-order valence-corrected chi connectivity index (χ4v) is 10.9. The van der Waals surface area contributed by atoms with Crippen LogP contribution in [0.5, 0.6) is 11.5 Å². The smallest absolute Gasteiger partial charge is 0.268 e. The van der Waals surface area contributed by atoms with Crippen molar-refractivity contribution in [1.82, 2.24) is 14.1 Å². The molecule has 78 heavy (non-hydrogen) atoms. The number of hydrogen-bond acceptors (Lipinski definition) is 2. The Balaban J connectivity index is 0.0000124. The van der Waals surface area contributed by atoms with Crippen LogP contribution >= 0.6 is 0 Å². The van der Waals surface area contributed by atoms with E-state index in [2.05, 4.69) is 52.2 Å². The van der Waals surface area contributed by atoms with Crippen molar-refractivity contribution >= 4 is 32.8 Å². The van der Waals surface area contributed by atoms with Gasteiger partial charge in [-0.05, 0) is 150 Å². The molecule has 0 atom stereocenters. The van der Waals surface area contributed by atoms with Crippen molar-refractivity contribution in [1.29, 1.82) is 0 Å². The molecule has 3 aliphatic carbocycles. The van der Waals surface area contributed by atoms with E-state index >= 15 is 0 Å².